The van der Waals surface area contributed by atoms with Crippen LogP contribution in [-0.4, -0.2) is 53.1 Å². The number of halogens is 2. The summed E-state index contributed by atoms with van der Waals surface area (Å²) in [6, 6.07) is 3.58. The van der Waals surface area contributed by atoms with E-state index in [9.17, 15) is 18.7 Å². The van der Waals surface area contributed by atoms with Crippen molar-refractivity contribution in [3.63, 3.8) is 0 Å². The molecule has 0 radical (unpaired) electrons. The lowest BCUT2D eigenvalue weighted by Crippen LogP contribution is -2.57. The van der Waals surface area contributed by atoms with Crippen molar-refractivity contribution >= 4 is 5.91 Å². The number of carbonyl (C=O) groups is 1. The van der Waals surface area contributed by atoms with Gasteiger partial charge in [0.1, 0.15) is 0 Å². The Balaban J connectivity index is 2.09. The number of amides is 1. The molecule has 1 aliphatic rings. The molecule has 4 nitrogen and oxygen atoms in total. The number of likely N-dealkylation sites (tertiary alicyclic amines) is 1. The van der Waals surface area contributed by atoms with Crippen molar-refractivity contribution in [3.05, 3.63) is 48.1 Å². The van der Waals surface area contributed by atoms with Crippen molar-refractivity contribution in [1.82, 2.24) is 9.80 Å². The minimum Gasteiger partial charge on any atom is -0.379 e. The van der Waals surface area contributed by atoms with E-state index in [1.165, 1.54) is 11.0 Å². The number of carbonyl (C=O) groups excluding carboxylic acids is 1. The third-order valence-electron chi connectivity index (χ3n) is 4.03. The van der Waals surface area contributed by atoms with E-state index in [0.29, 0.717) is 31.5 Å². The summed E-state index contributed by atoms with van der Waals surface area (Å²) in [6.07, 6.45) is 2.76. The maximum absolute atomic E-state index is 13.3. The van der Waals surface area contributed by atoms with Crippen LogP contribution in [0, 0.1) is 11.6 Å². The van der Waals surface area contributed by atoms with Crippen molar-refractivity contribution < 1.29 is 18.7 Å². The molecule has 0 bridgehead atoms. The number of likely N-dealkylation sites (N-methyl/N-ethyl adjacent to an activating group) is 1. The number of rotatable bonds is 6. The summed E-state index contributed by atoms with van der Waals surface area (Å²) in [7, 11) is 1.81. The molecule has 1 amide bonds. The van der Waals surface area contributed by atoms with E-state index in [2.05, 4.69) is 6.58 Å². The Morgan fingerprint density at radius 1 is 1.43 bits per heavy atom. The summed E-state index contributed by atoms with van der Waals surface area (Å²) < 4.78 is 26.3. The van der Waals surface area contributed by atoms with Gasteiger partial charge in [0.2, 0.25) is 0 Å². The minimum atomic E-state index is -1.45. The molecule has 1 aromatic carbocycles. The summed E-state index contributed by atoms with van der Waals surface area (Å²) in [6.45, 7) is 5.07. The molecular weight excluding hydrogens is 302 g/mol. The highest BCUT2D eigenvalue weighted by atomic mass is 19.2. The molecule has 23 heavy (non-hydrogen) atoms. The van der Waals surface area contributed by atoms with Crippen LogP contribution in [0.25, 0.3) is 0 Å². The van der Waals surface area contributed by atoms with E-state index >= 15 is 0 Å². The van der Waals surface area contributed by atoms with Crippen LogP contribution in [-0.2, 0) is 11.3 Å². The second-order valence-corrected chi connectivity index (χ2v) is 6.10. The van der Waals surface area contributed by atoms with Crippen molar-refractivity contribution in [2.45, 2.75) is 25.0 Å². The van der Waals surface area contributed by atoms with Crippen LogP contribution in [0.1, 0.15) is 18.4 Å². The van der Waals surface area contributed by atoms with Crippen LogP contribution in [0.5, 0.6) is 0 Å². The highest BCUT2D eigenvalue weighted by molar-refractivity contribution is 5.86. The largest absolute Gasteiger partial charge is 0.379 e. The highest BCUT2D eigenvalue weighted by Gasteiger charge is 2.42. The smallest absolute Gasteiger partial charge is 0.256 e. The van der Waals surface area contributed by atoms with E-state index in [1.54, 1.807) is 13.1 Å². The van der Waals surface area contributed by atoms with Gasteiger partial charge in [-0.15, -0.1) is 6.58 Å². The van der Waals surface area contributed by atoms with Crippen LogP contribution >= 0.6 is 0 Å². The zero-order valence-electron chi connectivity index (χ0n) is 13.3. The van der Waals surface area contributed by atoms with Gasteiger partial charge in [0.25, 0.3) is 5.91 Å². The summed E-state index contributed by atoms with van der Waals surface area (Å²) >= 11 is 0. The Hall–Kier alpha value is -1.79. The van der Waals surface area contributed by atoms with Crippen LogP contribution in [0.4, 0.5) is 8.78 Å². The van der Waals surface area contributed by atoms with E-state index in [1.807, 2.05) is 4.90 Å². The third kappa shape index (κ3) is 4.14. The Bertz CT molecular complexity index is 594. The standard InChI is InChI=1S/C17H22F2N2O2/c1-3-8-20(2)12-17(23)7-4-9-21(16(17)22)11-13-5-6-14(18)15(19)10-13/h3,5-6,10,23H,1,4,7-9,11-12H2,2H3/t17-/m0/s1. The summed E-state index contributed by atoms with van der Waals surface area (Å²) in [5, 5.41) is 10.7. The number of piperidine rings is 1. The van der Waals surface area contributed by atoms with Gasteiger partial charge in [-0.2, -0.15) is 0 Å². The first-order valence-electron chi connectivity index (χ1n) is 7.61. The maximum atomic E-state index is 13.3. The molecular formula is C17H22F2N2O2. The summed E-state index contributed by atoms with van der Waals surface area (Å²) in [5.41, 5.74) is -0.949. The molecule has 1 aromatic rings. The number of hydrogen-bond acceptors (Lipinski definition) is 3. The Morgan fingerprint density at radius 2 is 2.17 bits per heavy atom. The van der Waals surface area contributed by atoms with Crippen molar-refractivity contribution in [1.29, 1.82) is 0 Å². The lowest BCUT2D eigenvalue weighted by Gasteiger charge is -2.40. The number of nitrogens with zero attached hydrogens (tertiary/aromatic N) is 2. The van der Waals surface area contributed by atoms with Gasteiger partial charge in [-0.1, -0.05) is 12.1 Å². The Kier molecular flexibility index (Phi) is 5.49. The molecule has 1 N–H and O–H groups in total. The van der Waals surface area contributed by atoms with Crippen LogP contribution in [0.15, 0.2) is 30.9 Å². The first kappa shape index (κ1) is 17.6. The van der Waals surface area contributed by atoms with Gasteiger partial charge in [-0.3, -0.25) is 9.69 Å². The molecule has 0 spiro atoms. The van der Waals surface area contributed by atoms with E-state index < -0.39 is 17.2 Å². The molecule has 2 rings (SSSR count). The topological polar surface area (TPSA) is 43.8 Å². The van der Waals surface area contributed by atoms with Crippen molar-refractivity contribution in [2.75, 3.05) is 26.7 Å². The molecule has 0 aromatic heterocycles. The maximum Gasteiger partial charge on any atom is 0.256 e. The predicted molar refractivity (Wildman–Crippen MR) is 83.7 cm³/mol. The molecule has 1 fully saturated rings. The molecule has 1 heterocycles. The number of aliphatic hydroxyl groups is 1. The van der Waals surface area contributed by atoms with Crippen molar-refractivity contribution in [3.8, 4) is 0 Å². The van der Waals surface area contributed by atoms with Gasteiger partial charge >= 0.3 is 0 Å². The van der Waals surface area contributed by atoms with Crippen LogP contribution < -0.4 is 0 Å². The molecule has 0 aliphatic carbocycles. The first-order chi connectivity index (χ1) is 10.9. The summed E-state index contributed by atoms with van der Waals surface area (Å²) in [4.78, 5) is 15.9. The molecule has 0 saturated carbocycles. The van der Waals surface area contributed by atoms with Gasteiger partial charge in [-0.05, 0) is 37.6 Å². The van der Waals surface area contributed by atoms with Crippen molar-refractivity contribution in [2.24, 2.45) is 0 Å². The quantitative estimate of drug-likeness (QED) is 0.813. The fourth-order valence-electron chi connectivity index (χ4n) is 2.95. The molecule has 126 valence electrons. The molecule has 0 unspecified atom stereocenters. The highest BCUT2D eigenvalue weighted by Crippen LogP contribution is 2.25. The second-order valence-electron chi connectivity index (χ2n) is 6.10. The van der Waals surface area contributed by atoms with Gasteiger partial charge in [-0.25, -0.2) is 8.78 Å². The van der Waals surface area contributed by atoms with E-state index in [4.69, 9.17) is 0 Å². The fourth-order valence-corrected chi connectivity index (χ4v) is 2.95. The van der Waals surface area contributed by atoms with Gasteiger partial charge in [0.15, 0.2) is 17.2 Å². The SMILES string of the molecule is C=CCN(C)C[C@@]1(O)CCCN(Cc2ccc(F)c(F)c2)C1=O. The fraction of sp³-hybridized carbons (Fsp3) is 0.471. The number of benzene rings is 1. The molecule has 1 atom stereocenters. The molecule has 1 saturated heterocycles. The van der Waals surface area contributed by atoms with E-state index in [-0.39, 0.29) is 19.0 Å². The zero-order chi connectivity index (χ0) is 17.0. The van der Waals surface area contributed by atoms with Gasteiger partial charge in [0, 0.05) is 26.2 Å². The Morgan fingerprint density at radius 3 is 2.83 bits per heavy atom. The lowest BCUT2D eigenvalue weighted by atomic mass is 9.91. The Labute approximate surface area is 135 Å². The molecule has 6 heteroatoms. The average Bonchev–Trinajstić information content (AvgIpc) is 2.48. The zero-order valence-corrected chi connectivity index (χ0v) is 13.3. The van der Waals surface area contributed by atoms with E-state index in [0.717, 1.165) is 12.1 Å². The summed E-state index contributed by atoms with van der Waals surface area (Å²) in [5.74, 6) is -2.22. The average molecular weight is 324 g/mol. The monoisotopic (exact) mass is 324 g/mol. The lowest BCUT2D eigenvalue weighted by molar-refractivity contribution is -0.159. The minimum absolute atomic E-state index is 0.156. The first-order valence-corrected chi connectivity index (χ1v) is 7.61. The predicted octanol–water partition coefficient (Wildman–Crippen LogP) is 1.94. The number of hydrogen-bond donors (Lipinski definition) is 1. The van der Waals surface area contributed by atoms with Crippen LogP contribution in [0.3, 0.4) is 0 Å². The molecule has 1 aliphatic heterocycles. The van der Waals surface area contributed by atoms with Crippen LogP contribution in [0.2, 0.25) is 0 Å². The second kappa shape index (κ2) is 7.19. The normalized spacial score (nSPS) is 21.8. The third-order valence-corrected chi connectivity index (χ3v) is 4.03. The van der Waals surface area contributed by atoms with Gasteiger partial charge in [0.05, 0.1) is 0 Å². The van der Waals surface area contributed by atoms with Gasteiger partial charge < -0.3 is 10.0 Å².